The van der Waals surface area contributed by atoms with Crippen molar-refractivity contribution in [2.75, 3.05) is 5.75 Å². The number of phenolic OH excluding ortho intramolecular Hbond substituents is 1. The molecule has 0 saturated heterocycles. The third-order valence-electron chi connectivity index (χ3n) is 3.23. The van der Waals surface area contributed by atoms with E-state index in [1.165, 1.54) is 12.1 Å². The van der Waals surface area contributed by atoms with Gasteiger partial charge in [0, 0.05) is 0 Å². The molecule has 0 fully saturated rings. The minimum absolute atomic E-state index is 0.0109. The Morgan fingerprint density at radius 2 is 1.88 bits per heavy atom. The highest BCUT2D eigenvalue weighted by Crippen LogP contribution is 2.20. The SMILES string of the molecule is NC(=O)OC(=O)[C@@H](N)Cc1ccc(O)cc1CCCCS(=O)(=O)O. The summed E-state index contributed by atoms with van der Waals surface area (Å²) in [5.74, 6) is -1.31. The van der Waals surface area contributed by atoms with Gasteiger partial charge in [-0.05, 0) is 48.9 Å². The monoisotopic (exact) mass is 360 g/mol. The Labute approximate surface area is 139 Å². The molecule has 24 heavy (non-hydrogen) atoms. The summed E-state index contributed by atoms with van der Waals surface area (Å²) in [7, 11) is -4.01. The van der Waals surface area contributed by atoms with Crippen molar-refractivity contribution in [2.45, 2.75) is 31.7 Å². The Kier molecular flexibility index (Phi) is 7.14. The number of unbranched alkanes of at least 4 members (excludes halogenated alkanes) is 1. The van der Waals surface area contributed by atoms with Gasteiger partial charge in [0.1, 0.15) is 11.8 Å². The van der Waals surface area contributed by atoms with Gasteiger partial charge in [0.15, 0.2) is 0 Å². The molecule has 0 aromatic heterocycles. The van der Waals surface area contributed by atoms with Crippen molar-refractivity contribution < 1.29 is 32.4 Å². The Morgan fingerprint density at radius 3 is 2.46 bits per heavy atom. The largest absolute Gasteiger partial charge is 0.508 e. The molecule has 0 bridgehead atoms. The van der Waals surface area contributed by atoms with Gasteiger partial charge in [0.2, 0.25) is 0 Å². The molecule has 9 nitrogen and oxygen atoms in total. The molecule has 0 unspecified atom stereocenters. The standard InChI is InChI=1S/C14H20N2O7S/c15-12(13(18)23-14(16)19)8-10-4-5-11(17)7-9(10)3-1-2-6-24(20,21)22/h4-5,7,12,17H,1-3,6,8,15H2,(H2,16,19)(H,20,21,22)/t12-/m0/s1. The van der Waals surface area contributed by atoms with Crippen molar-refractivity contribution in [1.82, 2.24) is 0 Å². The number of aromatic hydroxyl groups is 1. The summed E-state index contributed by atoms with van der Waals surface area (Å²) in [6.07, 6.45) is -0.0933. The van der Waals surface area contributed by atoms with E-state index < -0.39 is 28.2 Å². The fourth-order valence-electron chi connectivity index (χ4n) is 2.14. The summed E-state index contributed by atoms with van der Waals surface area (Å²) in [6.45, 7) is 0. The third-order valence-corrected chi connectivity index (χ3v) is 4.04. The number of nitrogens with two attached hydrogens (primary N) is 2. The summed E-state index contributed by atoms with van der Waals surface area (Å²) in [5.41, 5.74) is 11.7. The van der Waals surface area contributed by atoms with Crippen molar-refractivity contribution in [2.24, 2.45) is 11.5 Å². The molecule has 6 N–H and O–H groups in total. The Hall–Kier alpha value is -2.17. The first-order valence-electron chi connectivity index (χ1n) is 7.11. The van der Waals surface area contributed by atoms with Crippen molar-refractivity contribution in [3.8, 4) is 5.75 Å². The van der Waals surface area contributed by atoms with E-state index in [1.54, 1.807) is 6.07 Å². The first kappa shape index (κ1) is 19.9. The van der Waals surface area contributed by atoms with Crippen LogP contribution in [0, 0.1) is 0 Å². The molecule has 0 spiro atoms. The molecular formula is C14H20N2O7S. The van der Waals surface area contributed by atoms with E-state index in [0.29, 0.717) is 24.0 Å². The van der Waals surface area contributed by atoms with Crippen LogP contribution in [0.15, 0.2) is 18.2 Å². The van der Waals surface area contributed by atoms with Crippen LogP contribution in [0.5, 0.6) is 5.75 Å². The smallest absolute Gasteiger partial charge is 0.412 e. The van der Waals surface area contributed by atoms with E-state index >= 15 is 0 Å². The second kappa shape index (κ2) is 8.62. The highest BCUT2D eigenvalue weighted by Gasteiger charge is 2.19. The van der Waals surface area contributed by atoms with Gasteiger partial charge in [0.25, 0.3) is 10.1 Å². The number of esters is 1. The van der Waals surface area contributed by atoms with Crippen LogP contribution in [0.25, 0.3) is 0 Å². The normalized spacial score (nSPS) is 12.6. The van der Waals surface area contributed by atoms with Crippen LogP contribution in [0.4, 0.5) is 4.79 Å². The van der Waals surface area contributed by atoms with E-state index in [2.05, 4.69) is 4.74 Å². The molecule has 1 rings (SSSR count). The lowest BCUT2D eigenvalue weighted by atomic mass is 9.96. The van der Waals surface area contributed by atoms with Crippen LogP contribution in [-0.4, -0.2) is 41.9 Å². The van der Waals surface area contributed by atoms with Gasteiger partial charge in [-0.2, -0.15) is 8.42 Å². The maximum atomic E-state index is 11.5. The number of carbonyl (C=O) groups is 2. The number of aryl methyl sites for hydroxylation is 1. The second-order valence-electron chi connectivity index (χ2n) is 5.25. The maximum absolute atomic E-state index is 11.5. The highest BCUT2D eigenvalue weighted by atomic mass is 32.2. The van der Waals surface area contributed by atoms with E-state index in [-0.39, 0.29) is 24.3 Å². The predicted molar refractivity (Wildman–Crippen MR) is 84.8 cm³/mol. The molecule has 0 aliphatic carbocycles. The van der Waals surface area contributed by atoms with Crippen LogP contribution >= 0.6 is 0 Å². The zero-order valence-electron chi connectivity index (χ0n) is 12.8. The van der Waals surface area contributed by atoms with Crippen molar-refractivity contribution in [3.05, 3.63) is 29.3 Å². The zero-order chi connectivity index (χ0) is 18.3. The number of benzene rings is 1. The average molecular weight is 360 g/mol. The Morgan fingerprint density at radius 1 is 1.21 bits per heavy atom. The van der Waals surface area contributed by atoms with Crippen LogP contribution in [0.2, 0.25) is 0 Å². The zero-order valence-corrected chi connectivity index (χ0v) is 13.7. The van der Waals surface area contributed by atoms with Crippen molar-refractivity contribution in [3.63, 3.8) is 0 Å². The topological polar surface area (TPSA) is 170 Å². The maximum Gasteiger partial charge on any atom is 0.412 e. The summed E-state index contributed by atoms with van der Waals surface area (Å²) in [4.78, 5) is 22.1. The number of hydrogen-bond donors (Lipinski definition) is 4. The molecule has 1 amide bonds. The number of phenols is 1. The van der Waals surface area contributed by atoms with Crippen LogP contribution in [0.3, 0.4) is 0 Å². The molecule has 0 aliphatic heterocycles. The molecular weight excluding hydrogens is 340 g/mol. The second-order valence-corrected chi connectivity index (χ2v) is 6.82. The quantitative estimate of drug-likeness (QED) is 0.219. The third kappa shape index (κ3) is 7.40. The first-order valence-corrected chi connectivity index (χ1v) is 8.72. The molecule has 0 saturated carbocycles. The van der Waals surface area contributed by atoms with Crippen molar-refractivity contribution in [1.29, 1.82) is 0 Å². The fourth-order valence-corrected chi connectivity index (χ4v) is 2.71. The van der Waals surface area contributed by atoms with Gasteiger partial charge in [-0.3, -0.25) is 4.55 Å². The molecule has 134 valence electrons. The number of rotatable bonds is 8. The number of hydrogen-bond acceptors (Lipinski definition) is 7. The highest BCUT2D eigenvalue weighted by molar-refractivity contribution is 7.85. The average Bonchev–Trinajstić information content (AvgIpc) is 2.44. The van der Waals surface area contributed by atoms with Crippen LogP contribution < -0.4 is 11.5 Å². The molecule has 0 radical (unpaired) electrons. The van der Waals surface area contributed by atoms with Gasteiger partial charge in [-0.15, -0.1) is 0 Å². The molecule has 1 atom stereocenters. The molecule has 1 aromatic rings. The summed E-state index contributed by atoms with van der Waals surface area (Å²) in [6, 6.07) is 3.36. The van der Waals surface area contributed by atoms with Crippen LogP contribution in [-0.2, 0) is 32.5 Å². The minimum atomic E-state index is -4.01. The van der Waals surface area contributed by atoms with Gasteiger partial charge in [-0.25, -0.2) is 9.59 Å². The van der Waals surface area contributed by atoms with Gasteiger partial charge in [0.05, 0.1) is 5.75 Å². The predicted octanol–water partition coefficient (Wildman–Crippen LogP) is 0.0944. The number of amides is 1. The summed E-state index contributed by atoms with van der Waals surface area (Å²) < 4.78 is 34.3. The van der Waals surface area contributed by atoms with E-state index in [0.717, 1.165) is 0 Å². The summed E-state index contributed by atoms with van der Waals surface area (Å²) >= 11 is 0. The number of carbonyl (C=O) groups excluding carboxylic acids is 2. The Bertz CT molecular complexity index is 703. The lowest BCUT2D eigenvalue weighted by molar-refractivity contribution is -0.138. The van der Waals surface area contributed by atoms with E-state index in [9.17, 15) is 23.1 Å². The van der Waals surface area contributed by atoms with Gasteiger partial charge < -0.3 is 21.3 Å². The first-order chi connectivity index (χ1) is 11.1. The van der Waals surface area contributed by atoms with Crippen LogP contribution in [0.1, 0.15) is 24.0 Å². The fraction of sp³-hybridized carbons (Fsp3) is 0.429. The lowest BCUT2D eigenvalue weighted by Gasteiger charge is -2.14. The number of ether oxygens (including phenoxy) is 1. The van der Waals surface area contributed by atoms with Gasteiger partial charge in [-0.1, -0.05) is 6.07 Å². The number of primary amides is 1. The Balaban J connectivity index is 2.73. The molecule has 10 heteroatoms. The summed E-state index contributed by atoms with van der Waals surface area (Å²) in [5, 5.41) is 9.57. The molecule has 0 heterocycles. The van der Waals surface area contributed by atoms with E-state index in [4.69, 9.17) is 16.0 Å². The van der Waals surface area contributed by atoms with Gasteiger partial charge >= 0.3 is 12.1 Å². The molecule has 0 aliphatic rings. The van der Waals surface area contributed by atoms with Crippen molar-refractivity contribution >= 4 is 22.2 Å². The minimum Gasteiger partial charge on any atom is -0.508 e. The lowest BCUT2D eigenvalue weighted by Crippen LogP contribution is -2.37. The molecule has 1 aromatic carbocycles. The van der Waals surface area contributed by atoms with E-state index in [1.807, 2.05) is 0 Å².